The van der Waals surface area contributed by atoms with Crippen molar-refractivity contribution >= 4 is 17.3 Å². The van der Waals surface area contributed by atoms with Gasteiger partial charge in [0.25, 0.3) is 0 Å². The average molecular weight is 193 g/mol. The van der Waals surface area contributed by atoms with Crippen molar-refractivity contribution in [2.75, 3.05) is 11.9 Å². The lowest BCUT2D eigenvalue weighted by Crippen LogP contribution is -2.04. The molecule has 0 aromatic carbocycles. The molecule has 2 aromatic heterocycles. The van der Waals surface area contributed by atoms with E-state index in [-0.39, 0.29) is 0 Å². The molecular weight excluding hydrogens is 182 g/mol. The molecule has 0 aliphatic rings. The van der Waals surface area contributed by atoms with E-state index in [9.17, 15) is 0 Å². The van der Waals surface area contributed by atoms with E-state index in [4.69, 9.17) is 0 Å². The molecule has 0 aliphatic heterocycles. The number of imidazole rings is 1. The Bertz CT molecular complexity index is 291. The van der Waals surface area contributed by atoms with Gasteiger partial charge < -0.3 is 10.3 Å². The van der Waals surface area contributed by atoms with Gasteiger partial charge >= 0.3 is 0 Å². The summed E-state index contributed by atoms with van der Waals surface area (Å²) in [6.07, 6.45) is 4.61. The van der Waals surface area contributed by atoms with Crippen molar-refractivity contribution < 1.29 is 0 Å². The third kappa shape index (κ3) is 2.32. The number of aromatic amines is 1. The average Bonchev–Trinajstić information content (AvgIpc) is 2.75. The van der Waals surface area contributed by atoms with Crippen LogP contribution in [0.1, 0.15) is 4.88 Å². The number of aromatic nitrogens is 2. The minimum atomic E-state index is 0.844. The van der Waals surface area contributed by atoms with Crippen LogP contribution in [0.25, 0.3) is 0 Å². The lowest BCUT2D eigenvalue weighted by atomic mass is 10.3. The number of H-pyrrole nitrogens is 1. The summed E-state index contributed by atoms with van der Waals surface area (Å²) < 4.78 is 0. The minimum Gasteiger partial charge on any atom is -0.355 e. The first-order valence-corrected chi connectivity index (χ1v) is 5.09. The normalized spacial score (nSPS) is 10.2. The summed E-state index contributed by atoms with van der Waals surface area (Å²) in [5, 5.41) is 5.30. The Labute approximate surface area is 80.8 Å². The summed E-state index contributed by atoms with van der Waals surface area (Å²) in [5.41, 5.74) is 0. The summed E-state index contributed by atoms with van der Waals surface area (Å²) in [5.74, 6) is 0.844. The van der Waals surface area contributed by atoms with Crippen LogP contribution in [-0.4, -0.2) is 16.5 Å². The van der Waals surface area contributed by atoms with Crippen LogP contribution in [0.5, 0.6) is 0 Å². The first kappa shape index (κ1) is 8.31. The monoisotopic (exact) mass is 193 g/mol. The minimum absolute atomic E-state index is 0.844. The van der Waals surface area contributed by atoms with Gasteiger partial charge in [0, 0.05) is 23.8 Å². The molecule has 2 aromatic rings. The number of hydrogen-bond acceptors (Lipinski definition) is 3. The zero-order valence-corrected chi connectivity index (χ0v) is 7.97. The Morgan fingerprint density at radius 1 is 1.54 bits per heavy atom. The first-order valence-electron chi connectivity index (χ1n) is 4.21. The Kier molecular flexibility index (Phi) is 2.62. The van der Waals surface area contributed by atoms with Crippen molar-refractivity contribution in [2.24, 2.45) is 0 Å². The highest BCUT2D eigenvalue weighted by Crippen LogP contribution is 2.08. The fourth-order valence-electron chi connectivity index (χ4n) is 1.12. The zero-order chi connectivity index (χ0) is 8.93. The van der Waals surface area contributed by atoms with Crippen LogP contribution in [0.3, 0.4) is 0 Å². The second-order valence-electron chi connectivity index (χ2n) is 2.69. The van der Waals surface area contributed by atoms with Gasteiger partial charge in [-0.15, -0.1) is 11.3 Å². The van der Waals surface area contributed by atoms with Gasteiger partial charge in [-0.3, -0.25) is 0 Å². The number of thiophene rings is 1. The number of nitrogens with one attached hydrogen (secondary N) is 2. The van der Waals surface area contributed by atoms with Crippen LogP contribution >= 0.6 is 11.3 Å². The molecule has 2 N–H and O–H groups in total. The van der Waals surface area contributed by atoms with Crippen molar-refractivity contribution in [1.82, 2.24) is 9.97 Å². The summed E-state index contributed by atoms with van der Waals surface area (Å²) in [7, 11) is 0. The summed E-state index contributed by atoms with van der Waals surface area (Å²) in [6, 6.07) is 4.22. The van der Waals surface area contributed by atoms with E-state index in [0.29, 0.717) is 0 Å². The highest BCUT2D eigenvalue weighted by Gasteiger charge is 1.94. The molecule has 0 amide bonds. The van der Waals surface area contributed by atoms with E-state index in [1.165, 1.54) is 4.88 Å². The molecule has 0 aliphatic carbocycles. The Morgan fingerprint density at radius 3 is 3.23 bits per heavy atom. The van der Waals surface area contributed by atoms with Crippen molar-refractivity contribution in [3.05, 3.63) is 34.8 Å². The van der Waals surface area contributed by atoms with Gasteiger partial charge in [-0.2, -0.15) is 0 Å². The Morgan fingerprint density at radius 2 is 2.54 bits per heavy atom. The van der Waals surface area contributed by atoms with Gasteiger partial charge in [0.05, 0.1) is 0 Å². The maximum Gasteiger partial charge on any atom is 0.200 e. The van der Waals surface area contributed by atoms with Crippen molar-refractivity contribution in [1.29, 1.82) is 0 Å². The second kappa shape index (κ2) is 4.09. The summed E-state index contributed by atoms with van der Waals surface area (Å²) in [4.78, 5) is 8.47. The Hall–Kier alpha value is -1.29. The molecule has 2 rings (SSSR count). The smallest absolute Gasteiger partial charge is 0.200 e. The number of nitrogens with zero attached hydrogens (tertiary/aromatic N) is 1. The van der Waals surface area contributed by atoms with Crippen LogP contribution in [0.2, 0.25) is 0 Å². The van der Waals surface area contributed by atoms with Gasteiger partial charge in [0.15, 0.2) is 5.95 Å². The largest absolute Gasteiger partial charge is 0.355 e. The molecule has 13 heavy (non-hydrogen) atoms. The lowest BCUT2D eigenvalue weighted by molar-refractivity contribution is 1.02. The molecule has 0 saturated heterocycles. The van der Waals surface area contributed by atoms with E-state index in [2.05, 4.69) is 32.8 Å². The quantitative estimate of drug-likeness (QED) is 0.781. The van der Waals surface area contributed by atoms with Crippen LogP contribution in [0, 0.1) is 0 Å². The maximum absolute atomic E-state index is 4.07. The fourth-order valence-corrected chi connectivity index (χ4v) is 1.83. The number of hydrogen-bond donors (Lipinski definition) is 2. The maximum atomic E-state index is 4.07. The van der Waals surface area contributed by atoms with Gasteiger partial charge in [-0.1, -0.05) is 6.07 Å². The molecule has 0 unspecified atom stereocenters. The van der Waals surface area contributed by atoms with Crippen LogP contribution in [0.4, 0.5) is 5.95 Å². The molecule has 68 valence electrons. The molecule has 0 spiro atoms. The van der Waals surface area contributed by atoms with Crippen LogP contribution in [-0.2, 0) is 6.42 Å². The molecular formula is C9H11N3S. The zero-order valence-electron chi connectivity index (χ0n) is 7.16. The fraction of sp³-hybridized carbons (Fsp3) is 0.222. The topological polar surface area (TPSA) is 40.7 Å². The third-order valence-electron chi connectivity index (χ3n) is 1.74. The molecule has 0 bridgehead atoms. The number of rotatable bonds is 4. The van der Waals surface area contributed by atoms with Crippen LogP contribution < -0.4 is 5.32 Å². The lowest BCUT2D eigenvalue weighted by Gasteiger charge is -1.99. The standard InChI is InChI=1S/C9H11N3S/c1-2-8(13-7-1)3-4-10-9-11-5-6-12-9/h1-2,5-7H,3-4H2,(H2,10,11,12). The SMILES string of the molecule is c1csc(CCNc2ncc[nH]2)c1. The van der Waals surface area contributed by atoms with E-state index >= 15 is 0 Å². The van der Waals surface area contributed by atoms with Gasteiger partial charge in [-0.25, -0.2) is 4.98 Å². The van der Waals surface area contributed by atoms with Crippen LogP contribution in [0.15, 0.2) is 29.9 Å². The van der Waals surface area contributed by atoms with E-state index in [0.717, 1.165) is 18.9 Å². The highest BCUT2D eigenvalue weighted by molar-refractivity contribution is 7.09. The predicted molar refractivity (Wildman–Crippen MR) is 55.1 cm³/mol. The molecule has 0 saturated carbocycles. The van der Waals surface area contributed by atoms with Gasteiger partial charge in [0.1, 0.15) is 0 Å². The molecule has 2 heterocycles. The predicted octanol–water partition coefficient (Wildman–Crippen LogP) is 2.13. The molecule has 0 fully saturated rings. The third-order valence-corrected chi connectivity index (χ3v) is 2.68. The van der Waals surface area contributed by atoms with E-state index < -0.39 is 0 Å². The van der Waals surface area contributed by atoms with E-state index in [1.807, 2.05) is 6.20 Å². The summed E-state index contributed by atoms with van der Waals surface area (Å²) in [6.45, 7) is 0.925. The molecule has 0 atom stereocenters. The highest BCUT2D eigenvalue weighted by atomic mass is 32.1. The second-order valence-corrected chi connectivity index (χ2v) is 3.73. The molecule has 4 heteroatoms. The Balaban J connectivity index is 1.76. The van der Waals surface area contributed by atoms with Crippen molar-refractivity contribution in [3.8, 4) is 0 Å². The van der Waals surface area contributed by atoms with Crippen molar-refractivity contribution in [3.63, 3.8) is 0 Å². The van der Waals surface area contributed by atoms with Gasteiger partial charge in [0.2, 0.25) is 0 Å². The van der Waals surface area contributed by atoms with Crippen molar-refractivity contribution in [2.45, 2.75) is 6.42 Å². The number of anilines is 1. The van der Waals surface area contributed by atoms with E-state index in [1.54, 1.807) is 17.5 Å². The molecule has 3 nitrogen and oxygen atoms in total. The first-order chi connectivity index (χ1) is 6.45. The van der Waals surface area contributed by atoms with Gasteiger partial charge in [-0.05, 0) is 17.9 Å². The molecule has 0 radical (unpaired) electrons. The summed E-state index contributed by atoms with van der Waals surface area (Å²) >= 11 is 1.79.